The molecule has 2 heterocycles. The van der Waals surface area contributed by atoms with Crippen LogP contribution in [0.15, 0.2) is 10.9 Å². The van der Waals surface area contributed by atoms with Crippen LogP contribution in [-0.4, -0.2) is 43.8 Å². The molecule has 0 aromatic carbocycles. The highest BCUT2D eigenvalue weighted by atomic mass is 16.5. The van der Waals surface area contributed by atoms with Crippen LogP contribution in [0.25, 0.3) is 0 Å². The molecule has 0 fully saturated rings. The average molecular weight is 279 g/mol. The van der Waals surface area contributed by atoms with Gasteiger partial charge in [0.15, 0.2) is 0 Å². The van der Waals surface area contributed by atoms with Crippen LogP contribution in [0.2, 0.25) is 0 Å². The molecule has 0 radical (unpaired) electrons. The van der Waals surface area contributed by atoms with Gasteiger partial charge in [0.05, 0.1) is 0 Å². The van der Waals surface area contributed by atoms with Gasteiger partial charge in [-0.05, 0) is 32.1 Å². The molecule has 5 nitrogen and oxygen atoms in total. The van der Waals surface area contributed by atoms with Crippen LogP contribution in [-0.2, 0) is 30.8 Å². The lowest BCUT2D eigenvalue weighted by Crippen LogP contribution is -2.36. The maximum atomic E-state index is 12.6. The van der Waals surface area contributed by atoms with E-state index in [0.29, 0.717) is 13.2 Å². The predicted octanol–water partition coefficient (Wildman–Crippen LogP) is 0.592. The van der Waals surface area contributed by atoms with Crippen molar-refractivity contribution in [1.82, 2.24) is 14.8 Å². The Hall–Kier alpha value is -1.17. The van der Waals surface area contributed by atoms with Gasteiger partial charge in [0.25, 0.3) is 5.56 Å². The largest absolute Gasteiger partial charge is 0.385 e. The highest BCUT2D eigenvalue weighted by molar-refractivity contribution is 5.29. The molecule has 5 heteroatoms. The number of pyridine rings is 1. The number of hydrogen-bond donors (Lipinski definition) is 1. The average Bonchev–Trinajstić information content (AvgIpc) is 2.43. The molecule has 0 amide bonds. The van der Waals surface area contributed by atoms with Crippen LogP contribution in [0, 0.1) is 0 Å². The first-order chi connectivity index (χ1) is 9.67. The van der Waals surface area contributed by atoms with E-state index in [1.54, 1.807) is 7.11 Å². The molecule has 1 aliphatic rings. The zero-order chi connectivity index (χ0) is 14.5. The Bertz CT molecular complexity index is 511. The van der Waals surface area contributed by atoms with Crippen molar-refractivity contribution in [3.05, 3.63) is 33.2 Å². The molecular weight excluding hydrogens is 254 g/mol. The monoisotopic (exact) mass is 279 g/mol. The second-order valence-corrected chi connectivity index (χ2v) is 5.46. The number of hydrogen-bond acceptors (Lipinski definition) is 4. The number of fused-ring (bicyclic) bond motifs is 1. The number of methoxy groups -OCH3 is 1. The number of nitrogens with zero attached hydrogens (tertiary/aromatic N) is 2. The van der Waals surface area contributed by atoms with E-state index in [2.05, 4.69) is 23.3 Å². The summed E-state index contributed by atoms with van der Waals surface area (Å²) in [4.78, 5) is 14.9. The fourth-order valence-electron chi connectivity index (χ4n) is 2.84. The molecule has 2 rings (SSSR count). The summed E-state index contributed by atoms with van der Waals surface area (Å²) in [6.45, 7) is 4.01. The van der Waals surface area contributed by atoms with Gasteiger partial charge in [0, 0.05) is 57.6 Å². The molecule has 1 aliphatic heterocycles. The van der Waals surface area contributed by atoms with Crippen molar-refractivity contribution < 1.29 is 4.74 Å². The van der Waals surface area contributed by atoms with Gasteiger partial charge < -0.3 is 19.5 Å². The fraction of sp³-hybridized carbons (Fsp3) is 0.667. The summed E-state index contributed by atoms with van der Waals surface area (Å²) in [5.41, 5.74) is 3.52. The summed E-state index contributed by atoms with van der Waals surface area (Å²) < 4.78 is 7.07. The molecule has 0 bridgehead atoms. The molecule has 112 valence electrons. The molecule has 0 saturated heterocycles. The summed E-state index contributed by atoms with van der Waals surface area (Å²) in [6.07, 6.45) is 1.83. The first kappa shape index (κ1) is 15.2. The van der Waals surface area contributed by atoms with Gasteiger partial charge in [0.2, 0.25) is 0 Å². The molecule has 0 saturated carbocycles. The lowest BCUT2D eigenvalue weighted by Gasteiger charge is -2.28. The molecule has 1 aromatic heterocycles. The third-order valence-corrected chi connectivity index (χ3v) is 3.83. The van der Waals surface area contributed by atoms with Gasteiger partial charge in [0.1, 0.15) is 0 Å². The third kappa shape index (κ3) is 3.29. The number of ether oxygens (including phenoxy) is 1. The fourth-order valence-corrected chi connectivity index (χ4v) is 2.84. The van der Waals surface area contributed by atoms with Crippen molar-refractivity contribution in [3.8, 4) is 0 Å². The maximum absolute atomic E-state index is 12.6. The van der Waals surface area contributed by atoms with Gasteiger partial charge in [-0.1, -0.05) is 0 Å². The van der Waals surface area contributed by atoms with Crippen LogP contribution in [0.1, 0.15) is 23.2 Å². The van der Waals surface area contributed by atoms with E-state index in [0.717, 1.165) is 38.0 Å². The van der Waals surface area contributed by atoms with Gasteiger partial charge >= 0.3 is 0 Å². The Kier molecular flexibility index (Phi) is 5.34. The van der Waals surface area contributed by atoms with Crippen LogP contribution in [0.4, 0.5) is 0 Å². The zero-order valence-corrected chi connectivity index (χ0v) is 12.7. The van der Waals surface area contributed by atoms with Crippen molar-refractivity contribution in [2.75, 3.05) is 34.4 Å². The van der Waals surface area contributed by atoms with Crippen molar-refractivity contribution in [3.63, 3.8) is 0 Å². The first-order valence-electron chi connectivity index (χ1n) is 7.24. The lowest BCUT2D eigenvalue weighted by atomic mass is 10.0. The predicted molar refractivity (Wildman–Crippen MR) is 80.0 cm³/mol. The molecule has 1 aromatic rings. The van der Waals surface area contributed by atoms with E-state index in [9.17, 15) is 4.79 Å². The topological polar surface area (TPSA) is 46.5 Å². The molecular formula is C15H25N3O2. The summed E-state index contributed by atoms with van der Waals surface area (Å²) >= 11 is 0. The highest BCUT2D eigenvalue weighted by Gasteiger charge is 2.19. The smallest absolute Gasteiger partial charge is 0.255 e. The lowest BCUT2D eigenvalue weighted by molar-refractivity contribution is 0.189. The Morgan fingerprint density at radius 3 is 2.95 bits per heavy atom. The number of rotatable bonds is 6. The Morgan fingerprint density at radius 2 is 2.25 bits per heavy atom. The van der Waals surface area contributed by atoms with Gasteiger partial charge in [-0.3, -0.25) is 4.79 Å². The van der Waals surface area contributed by atoms with Crippen molar-refractivity contribution in [2.24, 2.45) is 0 Å². The van der Waals surface area contributed by atoms with Crippen molar-refractivity contribution >= 4 is 0 Å². The summed E-state index contributed by atoms with van der Waals surface area (Å²) in [6, 6.07) is 2.08. The molecule has 20 heavy (non-hydrogen) atoms. The summed E-state index contributed by atoms with van der Waals surface area (Å²) in [5, 5.41) is 3.09. The van der Waals surface area contributed by atoms with Crippen molar-refractivity contribution in [2.45, 2.75) is 32.5 Å². The van der Waals surface area contributed by atoms with E-state index in [1.807, 2.05) is 11.6 Å². The first-order valence-corrected chi connectivity index (χ1v) is 7.24. The molecule has 0 spiro atoms. The van der Waals surface area contributed by atoms with E-state index in [4.69, 9.17) is 4.74 Å². The van der Waals surface area contributed by atoms with Crippen molar-refractivity contribution in [1.29, 1.82) is 0 Å². The second-order valence-electron chi connectivity index (χ2n) is 5.46. The number of likely N-dealkylation sites (N-methyl/N-ethyl adjacent to an activating group) is 1. The second kappa shape index (κ2) is 7.02. The number of nitrogens with one attached hydrogen (secondary N) is 1. The van der Waals surface area contributed by atoms with Crippen LogP contribution >= 0.6 is 0 Å². The normalized spacial score (nSPS) is 15.3. The Morgan fingerprint density at radius 1 is 1.45 bits per heavy atom. The Balaban J connectivity index is 2.37. The third-order valence-electron chi connectivity index (χ3n) is 3.83. The standard InChI is InChI=1S/C15H25N3O2/c1-16-10-12-9-13-11-17(2)7-5-14(13)18(15(12)19)6-4-8-20-3/h9,16H,4-8,10-11H2,1-3H3. The minimum absolute atomic E-state index is 0.152. The summed E-state index contributed by atoms with van der Waals surface area (Å²) in [5.74, 6) is 0. The van der Waals surface area contributed by atoms with Crippen LogP contribution < -0.4 is 10.9 Å². The maximum Gasteiger partial charge on any atom is 0.255 e. The number of aromatic nitrogens is 1. The van der Waals surface area contributed by atoms with E-state index in [-0.39, 0.29) is 5.56 Å². The summed E-state index contributed by atoms with van der Waals surface area (Å²) in [7, 11) is 5.70. The van der Waals surface area contributed by atoms with Gasteiger partial charge in [-0.15, -0.1) is 0 Å². The van der Waals surface area contributed by atoms with Gasteiger partial charge in [-0.25, -0.2) is 0 Å². The van der Waals surface area contributed by atoms with E-state index in [1.165, 1.54) is 11.3 Å². The SMILES string of the molecule is CNCc1cc2c(n(CCCOC)c1=O)CCN(C)C2. The zero-order valence-electron chi connectivity index (χ0n) is 12.7. The molecule has 1 N–H and O–H groups in total. The molecule has 0 unspecified atom stereocenters. The minimum atomic E-state index is 0.152. The van der Waals surface area contributed by atoms with Crippen LogP contribution in [0.3, 0.4) is 0 Å². The highest BCUT2D eigenvalue weighted by Crippen LogP contribution is 2.18. The molecule has 0 aliphatic carbocycles. The Labute approximate surface area is 120 Å². The quantitative estimate of drug-likeness (QED) is 0.774. The van der Waals surface area contributed by atoms with Crippen LogP contribution in [0.5, 0.6) is 0 Å². The molecule has 0 atom stereocenters. The van der Waals surface area contributed by atoms with Gasteiger partial charge in [-0.2, -0.15) is 0 Å². The van der Waals surface area contributed by atoms with E-state index < -0.39 is 0 Å². The minimum Gasteiger partial charge on any atom is -0.385 e. The van der Waals surface area contributed by atoms with E-state index >= 15 is 0 Å².